The van der Waals surface area contributed by atoms with Gasteiger partial charge in [-0.1, -0.05) is 35.3 Å². The molecule has 5 rings (SSSR count). The summed E-state index contributed by atoms with van der Waals surface area (Å²) in [7, 11) is -3.34. The number of nitrogens with one attached hydrogen (secondary N) is 2. The number of H-pyrrole nitrogens is 1. The van der Waals surface area contributed by atoms with Gasteiger partial charge in [-0.25, -0.2) is 8.42 Å². The molecule has 3 aromatic rings. The molecule has 2 unspecified atom stereocenters. The second-order valence-electron chi connectivity index (χ2n) is 9.36. The Bertz CT molecular complexity index is 1350. The Balaban J connectivity index is 1.28. The predicted octanol–water partition coefficient (Wildman–Crippen LogP) is 4.70. The van der Waals surface area contributed by atoms with Crippen molar-refractivity contribution < 1.29 is 13.2 Å². The predicted molar refractivity (Wildman–Crippen MR) is 138 cm³/mol. The van der Waals surface area contributed by atoms with E-state index >= 15 is 0 Å². The van der Waals surface area contributed by atoms with Gasteiger partial charge < -0.3 is 4.90 Å². The fraction of sp³-hybridized carbons (Fsp3) is 0.360. The molecule has 2 aromatic carbocycles. The second kappa shape index (κ2) is 9.48. The Morgan fingerprint density at radius 1 is 1.11 bits per heavy atom. The Kier molecular flexibility index (Phi) is 6.55. The first-order valence-electron chi connectivity index (χ1n) is 11.6. The molecular formula is C25H26Cl2N4O3S. The third-order valence-corrected chi connectivity index (χ3v) is 8.18. The summed E-state index contributed by atoms with van der Waals surface area (Å²) in [5, 5.41) is 8.24. The van der Waals surface area contributed by atoms with E-state index in [4.69, 9.17) is 23.2 Å². The zero-order valence-corrected chi connectivity index (χ0v) is 21.6. The smallest absolute Gasteiger partial charge is 0.229 e. The highest BCUT2D eigenvalue weighted by Gasteiger charge is 2.37. The third kappa shape index (κ3) is 5.20. The Morgan fingerprint density at radius 3 is 2.51 bits per heavy atom. The quantitative estimate of drug-likeness (QED) is 0.480. The van der Waals surface area contributed by atoms with Gasteiger partial charge in [-0.2, -0.15) is 5.10 Å². The first-order chi connectivity index (χ1) is 16.7. The minimum absolute atomic E-state index is 0.136. The lowest BCUT2D eigenvalue weighted by atomic mass is 9.92. The maximum Gasteiger partial charge on any atom is 0.229 e. The summed E-state index contributed by atoms with van der Waals surface area (Å²) < 4.78 is 25.3. The second-order valence-corrected chi connectivity index (χ2v) is 11.9. The number of nitrogens with zero attached hydrogens (tertiary/aromatic N) is 2. The van der Waals surface area contributed by atoms with E-state index in [0.29, 0.717) is 22.2 Å². The van der Waals surface area contributed by atoms with Crippen LogP contribution in [0.15, 0.2) is 42.6 Å². The van der Waals surface area contributed by atoms with Gasteiger partial charge in [0.15, 0.2) is 0 Å². The number of likely N-dealkylation sites (tertiary alicyclic amines) is 1. The van der Waals surface area contributed by atoms with Gasteiger partial charge in [0.25, 0.3) is 0 Å². The number of sulfonamides is 1. The SMILES string of the molecule is CS(=O)(=O)Nc1ccc(-c2cc(Cl)c(CC3CCN(C4CCc5[nH]ncc5C4)C3=O)c(Cl)c2)cc1. The summed E-state index contributed by atoms with van der Waals surface area (Å²) in [6.45, 7) is 0.753. The lowest BCUT2D eigenvalue weighted by Gasteiger charge is -2.31. The van der Waals surface area contributed by atoms with Crippen LogP contribution in [0.4, 0.5) is 5.69 Å². The first kappa shape index (κ1) is 24.2. The molecule has 0 saturated carbocycles. The van der Waals surface area contributed by atoms with Crippen molar-refractivity contribution >= 4 is 44.8 Å². The molecule has 2 atom stereocenters. The molecule has 0 radical (unpaired) electrons. The van der Waals surface area contributed by atoms with Crippen molar-refractivity contribution in [2.45, 2.75) is 38.1 Å². The van der Waals surface area contributed by atoms with Crippen LogP contribution in [0, 0.1) is 5.92 Å². The van der Waals surface area contributed by atoms with Crippen LogP contribution in [0.3, 0.4) is 0 Å². The number of fused-ring (bicyclic) bond motifs is 1. The van der Waals surface area contributed by atoms with Crippen LogP contribution in [0.5, 0.6) is 0 Å². The van der Waals surface area contributed by atoms with Crippen molar-refractivity contribution in [3.05, 3.63) is 69.5 Å². The number of aromatic amines is 1. The van der Waals surface area contributed by atoms with Crippen LogP contribution in [0.1, 0.15) is 29.7 Å². The highest BCUT2D eigenvalue weighted by Crippen LogP contribution is 2.36. The van der Waals surface area contributed by atoms with E-state index in [2.05, 4.69) is 14.9 Å². The fourth-order valence-electron chi connectivity index (χ4n) is 5.13. The number of halogens is 2. The normalized spacial score (nSPS) is 20.2. The van der Waals surface area contributed by atoms with Crippen molar-refractivity contribution in [1.29, 1.82) is 0 Å². The molecule has 1 aliphatic carbocycles. The Labute approximate surface area is 214 Å². The summed E-state index contributed by atoms with van der Waals surface area (Å²) >= 11 is 13.3. The molecule has 2 aliphatic rings. The largest absolute Gasteiger partial charge is 0.339 e. The van der Waals surface area contributed by atoms with Crippen molar-refractivity contribution in [1.82, 2.24) is 15.1 Å². The highest BCUT2D eigenvalue weighted by atomic mass is 35.5. The molecule has 1 aliphatic heterocycles. The molecule has 1 fully saturated rings. The van der Waals surface area contributed by atoms with E-state index in [9.17, 15) is 13.2 Å². The minimum atomic E-state index is -3.34. The monoisotopic (exact) mass is 532 g/mol. The molecule has 1 saturated heterocycles. The van der Waals surface area contributed by atoms with E-state index in [1.54, 1.807) is 12.1 Å². The number of carbonyl (C=O) groups excluding carboxylic acids is 1. The number of aromatic nitrogens is 2. The fourth-order valence-corrected chi connectivity index (χ4v) is 6.34. The molecular weight excluding hydrogens is 507 g/mol. The number of hydrogen-bond acceptors (Lipinski definition) is 4. The summed E-state index contributed by atoms with van der Waals surface area (Å²) in [6, 6.07) is 10.9. The lowest BCUT2D eigenvalue weighted by molar-refractivity contribution is -0.133. The molecule has 2 N–H and O–H groups in total. The molecule has 0 spiro atoms. The average Bonchev–Trinajstić information content (AvgIpc) is 3.41. The summed E-state index contributed by atoms with van der Waals surface area (Å²) in [6.07, 6.45) is 6.99. The molecule has 10 heteroatoms. The van der Waals surface area contributed by atoms with Gasteiger partial charge in [0, 0.05) is 39.9 Å². The maximum absolute atomic E-state index is 13.3. The molecule has 184 valence electrons. The molecule has 35 heavy (non-hydrogen) atoms. The van der Waals surface area contributed by atoms with Crippen LogP contribution >= 0.6 is 23.2 Å². The van der Waals surface area contributed by atoms with Crippen LogP contribution in [0.25, 0.3) is 11.1 Å². The Hall–Kier alpha value is -2.55. The number of amides is 1. The zero-order chi connectivity index (χ0) is 24.7. The summed E-state index contributed by atoms with van der Waals surface area (Å²) in [5.41, 5.74) is 5.35. The highest BCUT2D eigenvalue weighted by molar-refractivity contribution is 7.92. The summed E-state index contributed by atoms with van der Waals surface area (Å²) in [5.74, 6) is 0.0371. The number of rotatable bonds is 6. The van der Waals surface area contributed by atoms with E-state index in [-0.39, 0.29) is 17.9 Å². The number of anilines is 1. The zero-order valence-electron chi connectivity index (χ0n) is 19.2. The minimum Gasteiger partial charge on any atom is -0.339 e. The maximum atomic E-state index is 13.3. The summed E-state index contributed by atoms with van der Waals surface area (Å²) in [4.78, 5) is 15.3. The van der Waals surface area contributed by atoms with E-state index in [1.165, 1.54) is 11.3 Å². The van der Waals surface area contributed by atoms with Gasteiger partial charge in [-0.05, 0) is 78.6 Å². The van der Waals surface area contributed by atoms with Gasteiger partial charge in [-0.3, -0.25) is 14.6 Å². The van der Waals surface area contributed by atoms with E-state index in [0.717, 1.165) is 55.2 Å². The third-order valence-electron chi connectivity index (χ3n) is 6.90. The number of hydrogen-bond donors (Lipinski definition) is 2. The van der Waals surface area contributed by atoms with E-state index in [1.807, 2.05) is 35.4 Å². The number of carbonyl (C=O) groups is 1. The van der Waals surface area contributed by atoms with Crippen LogP contribution < -0.4 is 4.72 Å². The van der Waals surface area contributed by atoms with Crippen molar-refractivity contribution in [2.24, 2.45) is 5.92 Å². The topological polar surface area (TPSA) is 95.2 Å². The van der Waals surface area contributed by atoms with Crippen molar-refractivity contribution in [2.75, 3.05) is 17.5 Å². The Morgan fingerprint density at radius 2 is 1.83 bits per heavy atom. The van der Waals surface area contributed by atoms with Crippen molar-refractivity contribution in [3.8, 4) is 11.1 Å². The molecule has 1 aromatic heterocycles. The van der Waals surface area contributed by atoms with Gasteiger partial charge in [0.2, 0.25) is 15.9 Å². The standard InChI is InChI=1S/C25H26Cl2N4O3S/c1-35(33,34)30-19-4-2-15(3-5-19)17-12-22(26)21(23(27)13-17)11-16-8-9-31(25(16)32)20-6-7-24-18(10-20)14-28-29-24/h2-5,12-14,16,20,30H,6-11H2,1H3,(H,28,29). The van der Waals surface area contributed by atoms with Gasteiger partial charge >= 0.3 is 0 Å². The molecule has 1 amide bonds. The van der Waals surface area contributed by atoms with Crippen molar-refractivity contribution in [3.63, 3.8) is 0 Å². The molecule has 0 bridgehead atoms. The number of aryl methyl sites for hydroxylation is 1. The van der Waals surface area contributed by atoms with Gasteiger partial charge in [-0.15, -0.1) is 0 Å². The molecule has 7 nitrogen and oxygen atoms in total. The van der Waals surface area contributed by atoms with Crippen LogP contribution in [0.2, 0.25) is 10.0 Å². The number of benzene rings is 2. The van der Waals surface area contributed by atoms with Gasteiger partial charge in [0.1, 0.15) is 0 Å². The van der Waals surface area contributed by atoms with Crippen LogP contribution in [-0.4, -0.2) is 48.3 Å². The first-order valence-corrected chi connectivity index (χ1v) is 14.2. The van der Waals surface area contributed by atoms with Gasteiger partial charge in [0.05, 0.1) is 12.5 Å². The lowest BCUT2D eigenvalue weighted by Crippen LogP contribution is -2.41. The van der Waals surface area contributed by atoms with Crippen LogP contribution in [-0.2, 0) is 34.1 Å². The van der Waals surface area contributed by atoms with E-state index < -0.39 is 10.0 Å². The molecule has 2 heterocycles. The average molecular weight is 533 g/mol.